The van der Waals surface area contributed by atoms with Crippen molar-refractivity contribution in [1.29, 1.82) is 0 Å². The van der Waals surface area contributed by atoms with E-state index in [1.165, 1.54) is 0 Å². The van der Waals surface area contributed by atoms with Crippen LogP contribution in [-0.4, -0.2) is 39.3 Å². The molecule has 15 heavy (non-hydrogen) atoms. The van der Waals surface area contributed by atoms with Crippen molar-refractivity contribution >= 4 is 5.91 Å². The standard InChI is InChI=1S/C11H24N2O2/c1-9(2)11(14)13-6-5-12-7-10(3)8-15-4/h9-10,12H,5-8H2,1-4H3,(H,13,14). The van der Waals surface area contributed by atoms with Crippen molar-refractivity contribution in [1.82, 2.24) is 10.6 Å². The van der Waals surface area contributed by atoms with Crippen molar-refractivity contribution in [3.63, 3.8) is 0 Å². The number of nitrogens with one attached hydrogen (secondary N) is 2. The third kappa shape index (κ3) is 8.39. The van der Waals surface area contributed by atoms with Gasteiger partial charge in [0, 0.05) is 32.7 Å². The van der Waals surface area contributed by atoms with Crippen LogP contribution in [0.3, 0.4) is 0 Å². The normalized spacial score (nSPS) is 12.9. The second-order valence-corrected chi connectivity index (χ2v) is 4.21. The average molecular weight is 216 g/mol. The van der Waals surface area contributed by atoms with Crippen molar-refractivity contribution in [3.05, 3.63) is 0 Å². The summed E-state index contributed by atoms with van der Waals surface area (Å²) in [7, 11) is 1.71. The van der Waals surface area contributed by atoms with Crippen LogP contribution in [0, 0.1) is 11.8 Å². The van der Waals surface area contributed by atoms with Gasteiger partial charge in [-0.25, -0.2) is 0 Å². The van der Waals surface area contributed by atoms with Crippen molar-refractivity contribution in [2.45, 2.75) is 20.8 Å². The van der Waals surface area contributed by atoms with Gasteiger partial charge < -0.3 is 15.4 Å². The Morgan fingerprint density at radius 1 is 1.27 bits per heavy atom. The maximum Gasteiger partial charge on any atom is 0.222 e. The summed E-state index contributed by atoms with van der Waals surface area (Å²) in [5.74, 6) is 0.690. The van der Waals surface area contributed by atoms with Gasteiger partial charge in [0.25, 0.3) is 0 Å². The molecular weight excluding hydrogens is 192 g/mol. The zero-order chi connectivity index (χ0) is 11.7. The number of methoxy groups -OCH3 is 1. The molecule has 0 aromatic rings. The Hall–Kier alpha value is -0.610. The fourth-order valence-corrected chi connectivity index (χ4v) is 1.17. The number of hydrogen-bond acceptors (Lipinski definition) is 3. The van der Waals surface area contributed by atoms with Crippen molar-refractivity contribution in [2.24, 2.45) is 11.8 Å². The number of carbonyl (C=O) groups excluding carboxylic acids is 1. The van der Waals surface area contributed by atoms with E-state index in [4.69, 9.17) is 4.74 Å². The first-order chi connectivity index (χ1) is 7.07. The zero-order valence-electron chi connectivity index (χ0n) is 10.3. The first-order valence-electron chi connectivity index (χ1n) is 5.55. The molecule has 0 aliphatic heterocycles. The first kappa shape index (κ1) is 14.4. The minimum absolute atomic E-state index is 0.0671. The predicted octanol–water partition coefficient (Wildman–Crippen LogP) is 0.631. The smallest absolute Gasteiger partial charge is 0.222 e. The molecule has 1 unspecified atom stereocenters. The SMILES string of the molecule is COCC(C)CNCCNC(=O)C(C)C. The number of rotatable bonds is 8. The molecule has 0 radical (unpaired) electrons. The molecule has 0 rings (SSSR count). The molecule has 0 fully saturated rings. The third-order valence-electron chi connectivity index (χ3n) is 2.07. The van der Waals surface area contributed by atoms with Gasteiger partial charge in [0.15, 0.2) is 0 Å². The molecule has 0 aliphatic carbocycles. The van der Waals surface area contributed by atoms with Crippen LogP contribution in [0.15, 0.2) is 0 Å². The van der Waals surface area contributed by atoms with Crippen molar-refractivity contribution in [3.8, 4) is 0 Å². The summed E-state index contributed by atoms with van der Waals surface area (Å²) in [4.78, 5) is 11.2. The summed E-state index contributed by atoms with van der Waals surface area (Å²) < 4.78 is 5.02. The van der Waals surface area contributed by atoms with Gasteiger partial charge in [0.05, 0.1) is 0 Å². The molecule has 1 amide bonds. The zero-order valence-corrected chi connectivity index (χ0v) is 10.3. The van der Waals surface area contributed by atoms with Gasteiger partial charge in [0.2, 0.25) is 5.91 Å². The van der Waals surface area contributed by atoms with E-state index in [0.717, 1.165) is 19.7 Å². The number of carbonyl (C=O) groups is 1. The average Bonchev–Trinajstić information content (AvgIpc) is 2.17. The minimum Gasteiger partial charge on any atom is -0.384 e. The Kier molecular flexibility index (Phi) is 8.33. The van der Waals surface area contributed by atoms with Crippen LogP contribution < -0.4 is 10.6 Å². The van der Waals surface area contributed by atoms with E-state index in [1.54, 1.807) is 7.11 Å². The van der Waals surface area contributed by atoms with Crippen LogP contribution >= 0.6 is 0 Å². The first-order valence-corrected chi connectivity index (χ1v) is 5.55. The van der Waals surface area contributed by atoms with Gasteiger partial charge in [-0.3, -0.25) is 4.79 Å². The molecule has 0 spiro atoms. The number of ether oxygens (including phenoxy) is 1. The lowest BCUT2D eigenvalue weighted by atomic mass is 10.2. The number of hydrogen-bond donors (Lipinski definition) is 2. The van der Waals surface area contributed by atoms with Crippen LogP contribution in [0.2, 0.25) is 0 Å². The van der Waals surface area contributed by atoms with Crippen molar-refractivity contribution in [2.75, 3.05) is 33.4 Å². The van der Waals surface area contributed by atoms with Gasteiger partial charge in [0.1, 0.15) is 0 Å². The maximum absolute atomic E-state index is 11.2. The van der Waals surface area contributed by atoms with Crippen molar-refractivity contribution < 1.29 is 9.53 Å². The molecule has 0 aliphatic rings. The quantitative estimate of drug-likeness (QED) is 0.585. The highest BCUT2D eigenvalue weighted by Crippen LogP contribution is 1.91. The lowest BCUT2D eigenvalue weighted by Crippen LogP contribution is -2.35. The molecule has 0 aromatic carbocycles. The van der Waals surface area contributed by atoms with Gasteiger partial charge >= 0.3 is 0 Å². The molecule has 0 saturated heterocycles. The van der Waals surface area contributed by atoms with E-state index in [-0.39, 0.29) is 11.8 Å². The molecule has 1 atom stereocenters. The second-order valence-electron chi connectivity index (χ2n) is 4.21. The molecule has 0 heterocycles. The second kappa shape index (κ2) is 8.68. The minimum atomic E-state index is 0.0671. The molecule has 0 aromatic heterocycles. The van der Waals surface area contributed by atoms with Gasteiger partial charge in [-0.2, -0.15) is 0 Å². The van der Waals surface area contributed by atoms with Crippen LogP contribution in [0.5, 0.6) is 0 Å². The van der Waals surface area contributed by atoms with Gasteiger partial charge in [-0.15, -0.1) is 0 Å². The Labute approximate surface area is 92.8 Å². The van der Waals surface area contributed by atoms with E-state index in [1.807, 2.05) is 13.8 Å². The van der Waals surface area contributed by atoms with Crippen LogP contribution in [0.4, 0.5) is 0 Å². The fraction of sp³-hybridized carbons (Fsp3) is 0.909. The largest absolute Gasteiger partial charge is 0.384 e. The molecule has 4 heteroatoms. The van der Waals surface area contributed by atoms with E-state index >= 15 is 0 Å². The van der Waals surface area contributed by atoms with Gasteiger partial charge in [-0.1, -0.05) is 20.8 Å². The summed E-state index contributed by atoms with van der Waals surface area (Å²) in [6.07, 6.45) is 0. The molecule has 90 valence electrons. The van der Waals surface area contributed by atoms with E-state index in [2.05, 4.69) is 17.6 Å². The third-order valence-corrected chi connectivity index (χ3v) is 2.07. The Balaban J connectivity index is 3.28. The monoisotopic (exact) mass is 216 g/mol. The summed E-state index contributed by atoms with van der Waals surface area (Å²) >= 11 is 0. The number of amides is 1. The Bertz CT molecular complexity index is 172. The Morgan fingerprint density at radius 3 is 2.47 bits per heavy atom. The maximum atomic E-state index is 11.2. The highest BCUT2D eigenvalue weighted by molar-refractivity contribution is 5.77. The highest BCUT2D eigenvalue weighted by Gasteiger charge is 2.05. The lowest BCUT2D eigenvalue weighted by Gasteiger charge is -2.12. The van der Waals surface area contributed by atoms with E-state index < -0.39 is 0 Å². The highest BCUT2D eigenvalue weighted by atomic mass is 16.5. The van der Waals surface area contributed by atoms with E-state index in [0.29, 0.717) is 12.5 Å². The van der Waals surface area contributed by atoms with Crippen LogP contribution in [0.1, 0.15) is 20.8 Å². The Morgan fingerprint density at radius 2 is 1.93 bits per heavy atom. The van der Waals surface area contributed by atoms with Gasteiger partial charge in [-0.05, 0) is 12.5 Å². The topological polar surface area (TPSA) is 50.4 Å². The summed E-state index contributed by atoms with van der Waals surface area (Å²) in [5.41, 5.74) is 0. The van der Waals surface area contributed by atoms with Crippen LogP contribution in [0.25, 0.3) is 0 Å². The molecule has 4 nitrogen and oxygen atoms in total. The molecule has 2 N–H and O–H groups in total. The molecule has 0 bridgehead atoms. The fourth-order valence-electron chi connectivity index (χ4n) is 1.17. The van der Waals surface area contributed by atoms with Crippen LogP contribution in [-0.2, 0) is 9.53 Å². The molecule has 0 saturated carbocycles. The summed E-state index contributed by atoms with van der Waals surface area (Å²) in [5, 5.41) is 6.12. The lowest BCUT2D eigenvalue weighted by molar-refractivity contribution is -0.123. The molecular formula is C11H24N2O2. The predicted molar refractivity (Wildman–Crippen MR) is 61.8 cm³/mol. The summed E-state index contributed by atoms with van der Waals surface area (Å²) in [6, 6.07) is 0. The van der Waals surface area contributed by atoms with E-state index in [9.17, 15) is 4.79 Å². The summed E-state index contributed by atoms with van der Waals surface area (Å²) in [6.45, 7) is 9.11.